The molecule has 9 heteroatoms. The van der Waals surface area contributed by atoms with Gasteiger partial charge in [-0.05, 0) is 84.5 Å². The zero-order chi connectivity index (χ0) is 23.2. The largest absolute Gasteiger partial charge is 0.394 e. The van der Waals surface area contributed by atoms with Gasteiger partial charge >= 0.3 is 0 Å². The van der Waals surface area contributed by atoms with Crippen LogP contribution in [0.4, 0.5) is 17.5 Å². The Morgan fingerprint density at radius 2 is 1.88 bits per heavy atom. The smallest absolute Gasteiger partial charge is 0.229 e. The minimum Gasteiger partial charge on any atom is -0.394 e. The maximum absolute atomic E-state index is 9.41. The average Bonchev–Trinajstić information content (AvgIpc) is 2.85. The molecule has 1 aliphatic heterocycles. The van der Waals surface area contributed by atoms with E-state index in [1.165, 1.54) is 37.2 Å². The van der Waals surface area contributed by atoms with Crippen molar-refractivity contribution in [3.63, 3.8) is 0 Å². The van der Waals surface area contributed by atoms with Crippen molar-refractivity contribution in [3.05, 3.63) is 34.9 Å². The number of hydrogen-bond donors (Lipinski definition) is 4. The maximum atomic E-state index is 9.41. The molecule has 7 nitrogen and oxygen atoms in total. The molecule has 1 unspecified atom stereocenters. The van der Waals surface area contributed by atoms with Crippen LogP contribution in [0.1, 0.15) is 46.5 Å². The minimum absolute atomic E-state index is 0.0391. The summed E-state index contributed by atoms with van der Waals surface area (Å²) in [5.74, 6) is 1.17. The first-order valence-electron chi connectivity index (χ1n) is 11.6. The number of aromatic nitrogens is 2. The van der Waals surface area contributed by atoms with Gasteiger partial charge < -0.3 is 20.6 Å². The molecule has 1 aliphatic rings. The highest BCUT2D eigenvalue weighted by Crippen LogP contribution is 2.24. The Balaban J connectivity index is 0.00000176. The molecule has 0 spiro atoms. The second-order valence-corrected chi connectivity index (χ2v) is 9.19. The van der Waals surface area contributed by atoms with Crippen LogP contribution in [0.15, 0.2) is 39.8 Å². The third-order valence-corrected chi connectivity index (χ3v) is 6.51. The van der Waals surface area contributed by atoms with Crippen molar-refractivity contribution < 1.29 is 5.11 Å². The molecule has 0 radical (unpaired) electrons. The molecular formula is C23H37BrN6OS. The summed E-state index contributed by atoms with van der Waals surface area (Å²) < 4.78 is 4.22. The van der Waals surface area contributed by atoms with Crippen molar-refractivity contribution in [2.24, 2.45) is 0 Å². The summed E-state index contributed by atoms with van der Waals surface area (Å²) in [6.45, 7) is 10.6. The average molecular weight is 526 g/mol. The highest BCUT2D eigenvalue weighted by molar-refractivity contribution is 9.10. The predicted octanol–water partition coefficient (Wildman–Crippen LogP) is 5.27. The summed E-state index contributed by atoms with van der Waals surface area (Å²) in [6, 6.07) is 8.17. The van der Waals surface area contributed by atoms with Crippen LogP contribution in [0.5, 0.6) is 0 Å². The van der Waals surface area contributed by atoms with Crippen LogP contribution < -0.4 is 15.4 Å². The molecule has 4 N–H and O–H groups in total. The molecule has 1 aromatic carbocycles. The van der Waals surface area contributed by atoms with E-state index in [4.69, 9.17) is 0 Å². The van der Waals surface area contributed by atoms with Crippen LogP contribution >= 0.6 is 27.9 Å². The molecule has 2 heterocycles. The lowest BCUT2D eigenvalue weighted by Crippen LogP contribution is -2.34. The summed E-state index contributed by atoms with van der Waals surface area (Å²) in [5.41, 5.74) is 0.926. The van der Waals surface area contributed by atoms with Crippen molar-refractivity contribution in [2.75, 3.05) is 43.4 Å². The second-order valence-electron chi connectivity index (χ2n) is 7.37. The molecule has 1 atom stereocenters. The summed E-state index contributed by atoms with van der Waals surface area (Å²) in [7, 11) is 0. The topological polar surface area (TPSA) is 85.3 Å². The molecule has 1 saturated heterocycles. The highest BCUT2D eigenvalue weighted by Gasteiger charge is 2.11. The highest BCUT2D eigenvalue weighted by atomic mass is 79.9. The third kappa shape index (κ3) is 9.23. The van der Waals surface area contributed by atoms with Gasteiger partial charge in [0, 0.05) is 29.9 Å². The fraction of sp³-hybridized carbons (Fsp3) is 0.565. The number of likely N-dealkylation sites (tertiary alicyclic amines) is 1. The van der Waals surface area contributed by atoms with Crippen LogP contribution in [-0.2, 0) is 0 Å². The third-order valence-electron chi connectivity index (χ3n) is 5.08. The first-order valence-corrected chi connectivity index (χ1v) is 13.2. The van der Waals surface area contributed by atoms with Gasteiger partial charge in [-0.1, -0.05) is 27.2 Å². The van der Waals surface area contributed by atoms with Gasteiger partial charge in [0.05, 0.1) is 17.1 Å². The Hall–Kier alpha value is -1.39. The lowest BCUT2D eigenvalue weighted by atomic mass is 10.1. The SMILES string of the molecule is CC.CCC(CO)Nc1nc(Nc2ccc(SNCCN3CCCCC3)cc2)ncc1Br. The van der Waals surface area contributed by atoms with Crippen molar-refractivity contribution in [1.82, 2.24) is 19.6 Å². The van der Waals surface area contributed by atoms with E-state index < -0.39 is 0 Å². The van der Waals surface area contributed by atoms with Gasteiger partial charge in [0.25, 0.3) is 0 Å². The monoisotopic (exact) mass is 524 g/mol. The van der Waals surface area contributed by atoms with Gasteiger partial charge in [-0.3, -0.25) is 4.72 Å². The second kappa shape index (κ2) is 15.4. The molecule has 32 heavy (non-hydrogen) atoms. The number of nitrogens with zero attached hydrogens (tertiary/aromatic N) is 3. The van der Waals surface area contributed by atoms with Gasteiger partial charge in [0.1, 0.15) is 5.82 Å². The van der Waals surface area contributed by atoms with Gasteiger partial charge in [-0.15, -0.1) is 0 Å². The van der Waals surface area contributed by atoms with E-state index in [-0.39, 0.29) is 12.6 Å². The zero-order valence-electron chi connectivity index (χ0n) is 19.4. The summed E-state index contributed by atoms with van der Waals surface area (Å²) >= 11 is 5.12. The molecule has 3 rings (SSSR count). The number of benzene rings is 1. The normalized spacial score (nSPS) is 14.9. The lowest BCUT2D eigenvalue weighted by molar-refractivity contribution is 0.233. The number of aliphatic hydroxyl groups excluding tert-OH is 1. The molecule has 0 bridgehead atoms. The van der Waals surface area contributed by atoms with Crippen molar-refractivity contribution in [1.29, 1.82) is 0 Å². The first kappa shape index (κ1) is 26.9. The number of aliphatic hydroxyl groups is 1. The first-order chi connectivity index (χ1) is 15.7. The van der Waals surface area contributed by atoms with Crippen molar-refractivity contribution in [2.45, 2.75) is 57.4 Å². The number of anilines is 3. The van der Waals surface area contributed by atoms with E-state index in [0.29, 0.717) is 11.8 Å². The Labute approximate surface area is 205 Å². The number of halogens is 1. The number of hydrogen-bond acceptors (Lipinski definition) is 8. The lowest BCUT2D eigenvalue weighted by Gasteiger charge is -2.26. The van der Waals surface area contributed by atoms with Crippen LogP contribution in [0, 0.1) is 0 Å². The number of nitrogens with one attached hydrogen (secondary N) is 3. The Kier molecular flexibility index (Phi) is 13.0. The molecular weight excluding hydrogens is 488 g/mol. The molecule has 1 aromatic heterocycles. The van der Waals surface area contributed by atoms with Gasteiger partial charge in [-0.2, -0.15) is 4.98 Å². The van der Waals surface area contributed by atoms with Crippen LogP contribution in [-0.4, -0.2) is 58.8 Å². The molecule has 0 aliphatic carbocycles. The molecule has 1 fully saturated rings. The van der Waals surface area contributed by atoms with Crippen LogP contribution in [0.25, 0.3) is 0 Å². The quantitative estimate of drug-likeness (QED) is 0.233. The summed E-state index contributed by atoms with van der Waals surface area (Å²) in [4.78, 5) is 12.6. The minimum atomic E-state index is -0.0391. The maximum Gasteiger partial charge on any atom is 0.229 e. The predicted molar refractivity (Wildman–Crippen MR) is 140 cm³/mol. The van der Waals surface area contributed by atoms with E-state index in [0.717, 1.165) is 29.7 Å². The molecule has 178 valence electrons. The van der Waals surface area contributed by atoms with Crippen LogP contribution in [0.2, 0.25) is 0 Å². The summed E-state index contributed by atoms with van der Waals surface area (Å²) in [5, 5.41) is 15.9. The fourth-order valence-corrected chi connectivity index (χ4v) is 4.19. The summed E-state index contributed by atoms with van der Waals surface area (Å²) in [6.07, 6.45) is 6.56. The van der Waals surface area contributed by atoms with Crippen molar-refractivity contribution >= 4 is 45.3 Å². The van der Waals surface area contributed by atoms with Gasteiger partial charge in [0.15, 0.2) is 0 Å². The van der Waals surface area contributed by atoms with Crippen molar-refractivity contribution in [3.8, 4) is 0 Å². The van der Waals surface area contributed by atoms with E-state index >= 15 is 0 Å². The molecule has 0 amide bonds. The fourth-order valence-electron chi connectivity index (χ4n) is 3.26. The number of rotatable bonds is 11. The van der Waals surface area contributed by atoms with Gasteiger partial charge in [-0.25, -0.2) is 4.98 Å². The van der Waals surface area contributed by atoms with E-state index in [1.807, 2.05) is 32.9 Å². The van der Waals surface area contributed by atoms with Crippen LogP contribution in [0.3, 0.4) is 0 Å². The van der Waals surface area contributed by atoms with Gasteiger partial charge in [0.2, 0.25) is 5.95 Å². The molecule has 2 aromatic rings. The van der Waals surface area contributed by atoms with E-state index in [1.54, 1.807) is 18.1 Å². The Morgan fingerprint density at radius 1 is 1.16 bits per heavy atom. The standard InChI is InChI=1S/C21H31BrN6OS.C2H6/c1-2-16(15-29)25-20-19(22)14-23-21(27-20)26-17-6-8-18(9-7-17)30-24-10-13-28-11-4-3-5-12-28;1-2/h6-9,14,16,24,29H,2-5,10-13,15H2,1H3,(H2,23,25,26,27);1-2H3. The zero-order valence-corrected chi connectivity index (χ0v) is 21.8. The Bertz CT molecular complexity index is 770. The van der Waals surface area contributed by atoms with E-state index in [9.17, 15) is 5.11 Å². The Morgan fingerprint density at radius 3 is 2.53 bits per heavy atom. The molecule has 0 saturated carbocycles. The van der Waals surface area contributed by atoms with E-state index in [2.05, 4.69) is 58.3 Å². The number of piperidine rings is 1.